The molecule has 90 valence electrons. The average molecular weight is 243 g/mol. The van der Waals surface area contributed by atoms with Crippen molar-refractivity contribution in [1.82, 2.24) is 0 Å². The van der Waals surface area contributed by atoms with Crippen LogP contribution in [-0.2, 0) is 16.4 Å². The molecule has 4 nitrogen and oxygen atoms in total. The second-order valence-corrected chi connectivity index (χ2v) is 5.34. The van der Waals surface area contributed by atoms with Gasteiger partial charge in [-0.3, -0.25) is 0 Å². The summed E-state index contributed by atoms with van der Waals surface area (Å²) in [7, 11) is -3.44. The minimum absolute atomic E-state index is 0.0892. The van der Waals surface area contributed by atoms with Gasteiger partial charge in [-0.1, -0.05) is 25.5 Å². The lowest BCUT2D eigenvalue weighted by Crippen LogP contribution is -2.21. The third-order valence-electron chi connectivity index (χ3n) is 2.10. The highest BCUT2D eigenvalue weighted by molar-refractivity contribution is 7.89. The Morgan fingerprint density at radius 2 is 1.88 bits per heavy atom. The fourth-order valence-corrected chi connectivity index (χ4v) is 1.63. The van der Waals surface area contributed by atoms with Crippen LogP contribution in [0.1, 0.15) is 18.9 Å². The molecule has 0 aliphatic rings. The van der Waals surface area contributed by atoms with Gasteiger partial charge in [0.25, 0.3) is 0 Å². The Kier molecular flexibility index (Phi) is 4.76. The van der Waals surface area contributed by atoms with E-state index in [0.717, 1.165) is 12.8 Å². The third-order valence-corrected chi connectivity index (χ3v) is 2.83. The molecule has 0 unspecified atom stereocenters. The largest absolute Gasteiger partial charge is 0.492 e. The van der Waals surface area contributed by atoms with Crippen molar-refractivity contribution in [2.75, 3.05) is 12.4 Å². The first-order valence-electron chi connectivity index (χ1n) is 5.23. The second-order valence-electron chi connectivity index (χ2n) is 3.61. The molecule has 0 aliphatic carbocycles. The molecule has 0 saturated heterocycles. The summed E-state index contributed by atoms with van der Waals surface area (Å²) < 4.78 is 26.6. The molecule has 0 aliphatic heterocycles. The minimum atomic E-state index is -3.44. The van der Waals surface area contributed by atoms with E-state index in [1.54, 1.807) is 0 Å². The van der Waals surface area contributed by atoms with Crippen LogP contribution in [0.5, 0.6) is 5.75 Å². The Morgan fingerprint density at radius 3 is 2.38 bits per heavy atom. The van der Waals surface area contributed by atoms with Gasteiger partial charge >= 0.3 is 0 Å². The van der Waals surface area contributed by atoms with E-state index < -0.39 is 10.0 Å². The first kappa shape index (κ1) is 13.0. The van der Waals surface area contributed by atoms with Crippen LogP contribution in [0.3, 0.4) is 0 Å². The van der Waals surface area contributed by atoms with Crippen LogP contribution in [0, 0.1) is 0 Å². The van der Waals surface area contributed by atoms with E-state index in [1.165, 1.54) is 5.56 Å². The highest BCUT2D eigenvalue weighted by Crippen LogP contribution is 2.13. The number of hydrogen-bond acceptors (Lipinski definition) is 3. The molecule has 0 spiro atoms. The molecule has 0 bridgehead atoms. The van der Waals surface area contributed by atoms with Gasteiger partial charge in [-0.25, -0.2) is 13.6 Å². The Hall–Kier alpha value is -1.07. The van der Waals surface area contributed by atoms with Gasteiger partial charge in [0.15, 0.2) is 0 Å². The van der Waals surface area contributed by atoms with E-state index in [0.29, 0.717) is 5.75 Å². The molecule has 0 saturated carbocycles. The van der Waals surface area contributed by atoms with Crippen molar-refractivity contribution < 1.29 is 13.2 Å². The maximum absolute atomic E-state index is 10.7. The van der Waals surface area contributed by atoms with Crippen molar-refractivity contribution in [2.45, 2.75) is 19.8 Å². The lowest BCUT2D eigenvalue weighted by molar-refractivity contribution is 0.341. The molecule has 2 N–H and O–H groups in total. The number of primary sulfonamides is 1. The van der Waals surface area contributed by atoms with Gasteiger partial charge in [0.05, 0.1) is 5.75 Å². The first-order chi connectivity index (χ1) is 7.51. The van der Waals surface area contributed by atoms with Crippen LogP contribution in [0.4, 0.5) is 0 Å². The molecule has 0 radical (unpaired) electrons. The van der Waals surface area contributed by atoms with Crippen LogP contribution in [0.2, 0.25) is 0 Å². The van der Waals surface area contributed by atoms with Crippen molar-refractivity contribution in [3.8, 4) is 5.75 Å². The monoisotopic (exact) mass is 243 g/mol. The molecule has 0 atom stereocenters. The summed E-state index contributed by atoms with van der Waals surface area (Å²) >= 11 is 0. The molecule has 0 aromatic heterocycles. The van der Waals surface area contributed by atoms with Gasteiger partial charge in [0.2, 0.25) is 10.0 Å². The fraction of sp³-hybridized carbons (Fsp3) is 0.455. The number of nitrogens with two attached hydrogens (primary N) is 1. The SMILES string of the molecule is CCCc1ccc(OCCS(N)(=O)=O)cc1. The average Bonchev–Trinajstić information content (AvgIpc) is 2.19. The molecular formula is C11H17NO3S. The Bertz CT molecular complexity index is 411. The summed E-state index contributed by atoms with van der Waals surface area (Å²) in [4.78, 5) is 0. The molecule has 0 amide bonds. The van der Waals surface area contributed by atoms with Gasteiger partial charge < -0.3 is 4.74 Å². The summed E-state index contributed by atoms with van der Waals surface area (Å²) in [6.45, 7) is 2.21. The molecule has 0 heterocycles. The zero-order chi connectivity index (χ0) is 12.0. The van der Waals surface area contributed by atoms with E-state index in [9.17, 15) is 8.42 Å². The first-order valence-corrected chi connectivity index (χ1v) is 6.95. The lowest BCUT2D eigenvalue weighted by Gasteiger charge is -2.06. The van der Waals surface area contributed by atoms with Crippen LogP contribution in [0.25, 0.3) is 0 Å². The predicted octanol–water partition coefficient (Wildman–Crippen LogP) is 1.31. The Balaban J connectivity index is 2.43. The topological polar surface area (TPSA) is 69.4 Å². The Morgan fingerprint density at radius 1 is 1.25 bits per heavy atom. The van der Waals surface area contributed by atoms with E-state index in [-0.39, 0.29) is 12.4 Å². The highest BCUT2D eigenvalue weighted by Gasteiger charge is 2.02. The third kappa shape index (κ3) is 5.14. The van der Waals surface area contributed by atoms with Crippen molar-refractivity contribution in [1.29, 1.82) is 0 Å². The zero-order valence-corrected chi connectivity index (χ0v) is 10.2. The molecular weight excluding hydrogens is 226 g/mol. The highest BCUT2D eigenvalue weighted by atomic mass is 32.2. The van der Waals surface area contributed by atoms with Crippen LogP contribution in [-0.4, -0.2) is 20.8 Å². The molecule has 5 heteroatoms. The molecule has 0 fully saturated rings. The van der Waals surface area contributed by atoms with Crippen molar-refractivity contribution in [3.63, 3.8) is 0 Å². The summed E-state index contributed by atoms with van der Waals surface area (Å²) in [5, 5.41) is 4.86. The van der Waals surface area contributed by atoms with Crippen LogP contribution in [0.15, 0.2) is 24.3 Å². The van der Waals surface area contributed by atoms with Gasteiger partial charge in [0.1, 0.15) is 12.4 Å². The molecule has 1 aromatic rings. The summed E-state index contributed by atoms with van der Waals surface area (Å²) in [5.74, 6) is 0.507. The minimum Gasteiger partial charge on any atom is -0.492 e. The number of sulfonamides is 1. The van der Waals surface area contributed by atoms with Gasteiger partial charge in [0, 0.05) is 0 Å². The maximum atomic E-state index is 10.7. The number of ether oxygens (including phenoxy) is 1. The number of aryl methyl sites for hydroxylation is 1. The van der Waals surface area contributed by atoms with Gasteiger partial charge in [-0.05, 0) is 24.1 Å². The smallest absolute Gasteiger partial charge is 0.212 e. The second kappa shape index (κ2) is 5.86. The lowest BCUT2D eigenvalue weighted by atomic mass is 10.1. The van der Waals surface area contributed by atoms with Gasteiger partial charge in [-0.15, -0.1) is 0 Å². The van der Waals surface area contributed by atoms with Crippen LogP contribution < -0.4 is 9.88 Å². The van der Waals surface area contributed by atoms with Crippen molar-refractivity contribution >= 4 is 10.0 Å². The van der Waals surface area contributed by atoms with E-state index in [4.69, 9.17) is 9.88 Å². The van der Waals surface area contributed by atoms with E-state index in [2.05, 4.69) is 6.92 Å². The zero-order valence-electron chi connectivity index (χ0n) is 9.35. The molecule has 16 heavy (non-hydrogen) atoms. The van der Waals surface area contributed by atoms with Crippen molar-refractivity contribution in [3.05, 3.63) is 29.8 Å². The van der Waals surface area contributed by atoms with Crippen molar-refractivity contribution in [2.24, 2.45) is 5.14 Å². The number of hydrogen-bond donors (Lipinski definition) is 1. The Labute approximate surface area is 96.5 Å². The summed E-state index contributed by atoms with van der Waals surface area (Å²) in [5.41, 5.74) is 1.25. The standard InChI is InChI=1S/C11H17NO3S/c1-2-3-10-4-6-11(7-5-10)15-8-9-16(12,13)14/h4-7H,2-3,8-9H2,1H3,(H2,12,13,14). The predicted molar refractivity (Wildman–Crippen MR) is 63.9 cm³/mol. The van der Waals surface area contributed by atoms with Crippen LogP contribution >= 0.6 is 0 Å². The van der Waals surface area contributed by atoms with Gasteiger partial charge in [-0.2, -0.15) is 0 Å². The fourth-order valence-electron chi connectivity index (χ4n) is 1.32. The normalized spacial score (nSPS) is 11.4. The number of rotatable bonds is 6. The summed E-state index contributed by atoms with van der Waals surface area (Å²) in [6, 6.07) is 7.65. The molecule has 1 rings (SSSR count). The number of benzene rings is 1. The summed E-state index contributed by atoms with van der Waals surface area (Å²) in [6.07, 6.45) is 2.14. The van der Waals surface area contributed by atoms with E-state index >= 15 is 0 Å². The maximum Gasteiger partial charge on any atom is 0.212 e. The quantitative estimate of drug-likeness (QED) is 0.819. The molecule has 1 aromatic carbocycles. The van der Waals surface area contributed by atoms with E-state index in [1.807, 2.05) is 24.3 Å².